The molecule has 0 bridgehead atoms. The number of aryl methyl sites for hydroxylation is 1. The molecule has 4 nitrogen and oxygen atoms in total. The van der Waals surface area contributed by atoms with E-state index in [1.807, 2.05) is 20.8 Å². The lowest BCUT2D eigenvalue weighted by atomic mass is 10.1. The van der Waals surface area contributed by atoms with Crippen molar-refractivity contribution in [1.29, 1.82) is 0 Å². The Labute approximate surface area is 122 Å². The van der Waals surface area contributed by atoms with E-state index in [9.17, 15) is 0 Å². The second-order valence-corrected chi connectivity index (χ2v) is 4.86. The predicted octanol–water partition coefficient (Wildman–Crippen LogP) is 2.45. The third-order valence-corrected chi connectivity index (χ3v) is 3.26. The van der Waals surface area contributed by atoms with Gasteiger partial charge in [0.05, 0.1) is 13.2 Å². The highest BCUT2D eigenvalue weighted by atomic mass is 16.5. The number of benzene rings is 1. The van der Waals surface area contributed by atoms with Gasteiger partial charge in [0.15, 0.2) is 0 Å². The molecule has 0 amide bonds. The summed E-state index contributed by atoms with van der Waals surface area (Å²) in [6.07, 6.45) is 0. The van der Waals surface area contributed by atoms with Crippen molar-refractivity contribution in [2.75, 3.05) is 45.3 Å². The highest BCUT2D eigenvalue weighted by Gasteiger charge is 2.07. The van der Waals surface area contributed by atoms with E-state index >= 15 is 0 Å². The Hall–Kier alpha value is -1.10. The van der Waals surface area contributed by atoms with E-state index in [1.165, 1.54) is 5.56 Å². The van der Waals surface area contributed by atoms with Crippen LogP contribution in [0.2, 0.25) is 0 Å². The first-order chi connectivity index (χ1) is 9.67. The van der Waals surface area contributed by atoms with Crippen LogP contribution in [0.5, 0.6) is 0 Å². The fourth-order valence-electron chi connectivity index (χ4n) is 1.99. The van der Waals surface area contributed by atoms with Crippen LogP contribution in [0.3, 0.4) is 0 Å². The van der Waals surface area contributed by atoms with E-state index < -0.39 is 0 Å². The molecule has 0 spiro atoms. The van der Waals surface area contributed by atoms with Gasteiger partial charge in [-0.05, 0) is 38.0 Å². The monoisotopic (exact) mass is 280 g/mol. The van der Waals surface area contributed by atoms with E-state index in [1.54, 1.807) is 0 Å². The van der Waals surface area contributed by atoms with Crippen molar-refractivity contribution in [2.24, 2.45) is 0 Å². The highest BCUT2D eigenvalue weighted by molar-refractivity contribution is 5.48. The van der Waals surface area contributed by atoms with Crippen LogP contribution < -0.4 is 5.73 Å². The van der Waals surface area contributed by atoms with Gasteiger partial charge in [0.2, 0.25) is 0 Å². The maximum absolute atomic E-state index is 5.97. The Morgan fingerprint density at radius 3 is 2.15 bits per heavy atom. The normalized spacial score (nSPS) is 11.2. The number of anilines is 1. The van der Waals surface area contributed by atoms with E-state index in [0.717, 1.165) is 57.3 Å². The van der Waals surface area contributed by atoms with Gasteiger partial charge in [-0.3, -0.25) is 4.90 Å². The Morgan fingerprint density at radius 2 is 1.65 bits per heavy atom. The van der Waals surface area contributed by atoms with Crippen LogP contribution in [-0.2, 0) is 16.0 Å². The summed E-state index contributed by atoms with van der Waals surface area (Å²) >= 11 is 0. The zero-order chi connectivity index (χ0) is 14.8. The molecule has 20 heavy (non-hydrogen) atoms. The lowest BCUT2D eigenvalue weighted by molar-refractivity contribution is 0.0798. The summed E-state index contributed by atoms with van der Waals surface area (Å²) in [6, 6.07) is 6.28. The molecule has 0 aliphatic carbocycles. The Bertz CT molecular complexity index is 373. The predicted molar refractivity (Wildman–Crippen MR) is 83.9 cm³/mol. The average Bonchev–Trinajstić information content (AvgIpc) is 2.43. The van der Waals surface area contributed by atoms with Crippen LogP contribution in [0.4, 0.5) is 5.69 Å². The maximum atomic E-state index is 5.97. The molecular formula is C16H28N2O2. The fourth-order valence-corrected chi connectivity index (χ4v) is 1.99. The molecule has 0 fully saturated rings. The lowest BCUT2D eigenvalue weighted by Gasteiger charge is -2.22. The molecule has 2 N–H and O–H groups in total. The molecule has 0 heterocycles. The zero-order valence-corrected chi connectivity index (χ0v) is 13.0. The SMILES string of the molecule is CCOCCN(CCOCC)Cc1ccc(C)c(N)c1. The minimum atomic E-state index is 0.754. The standard InChI is InChI=1S/C16H28N2O2/c1-4-19-10-8-18(9-11-20-5-2)13-15-7-6-14(3)16(17)12-15/h6-7,12H,4-5,8-11,13,17H2,1-3H3. The smallest absolute Gasteiger partial charge is 0.0593 e. The van der Waals surface area contributed by atoms with Crippen molar-refractivity contribution < 1.29 is 9.47 Å². The van der Waals surface area contributed by atoms with Crippen LogP contribution in [0, 0.1) is 6.92 Å². The summed E-state index contributed by atoms with van der Waals surface area (Å²) in [5.74, 6) is 0. The average molecular weight is 280 g/mol. The molecule has 4 heteroatoms. The van der Waals surface area contributed by atoms with Gasteiger partial charge in [0, 0.05) is 38.5 Å². The number of rotatable bonds is 10. The van der Waals surface area contributed by atoms with Gasteiger partial charge in [-0.2, -0.15) is 0 Å². The summed E-state index contributed by atoms with van der Waals surface area (Å²) in [4.78, 5) is 2.34. The van der Waals surface area contributed by atoms with Gasteiger partial charge in [-0.15, -0.1) is 0 Å². The maximum Gasteiger partial charge on any atom is 0.0593 e. The summed E-state index contributed by atoms with van der Waals surface area (Å²) < 4.78 is 10.9. The van der Waals surface area contributed by atoms with Crippen LogP contribution in [0.25, 0.3) is 0 Å². The van der Waals surface area contributed by atoms with Crippen molar-refractivity contribution >= 4 is 5.69 Å². The Morgan fingerprint density at radius 1 is 1.05 bits per heavy atom. The topological polar surface area (TPSA) is 47.7 Å². The molecule has 0 radical (unpaired) electrons. The molecule has 0 saturated heterocycles. The molecular weight excluding hydrogens is 252 g/mol. The van der Waals surface area contributed by atoms with Gasteiger partial charge >= 0.3 is 0 Å². The largest absolute Gasteiger partial charge is 0.399 e. The molecule has 0 atom stereocenters. The van der Waals surface area contributed by atoms with Crippen LogP contribution >= 0.6 is 0 Å². The van der Waals surface area contributed by atoms with E-state index in [-0.39, 0.29) is 0 Å². The highest BCUT2D eigenvalue weighted by Crippen LogP contribution is 2.14. The number of nitrogens with two attached hydrogens (primary N) is 1. The minimum Gasteiger partial charge on any atom is -0.399 e. The number of hydrogen-bond acceptors (Lipinski definition) is 4. The summed E-state index contributed by atoms with van der Waals surface area (Å²) in [7, 11) is 0. The van der Waals surface area contributed by atoms with Crippen LogP contribution in [0.1, 0.15) is 25.0 Å². The van der Waals surface area contributed by atoms with Crippen LogP contribution in [-0.4, -0.2) is 44.4 Å². The van der Waals surface area contributed by atoms with Gasteiger partial charge in [0.25, 0.3) is 0 Å². The molecule has 1 aromatic carbocycles. The molecule has 0 unspecified atom stereocenters. The summed E-state index contributed by atoms with van der Waals surface area (Å²) in [5, 5.41) is 0. The third-order valence-electron chi connectivity index (χ3n) is 3.26. The first-order valence-corrected chi connectivity index (χ1v) is 7.40. The third kappa shape index (κ3) is 6.37. The minimum absolute atomic E-state index is 0.754. The van der Waals surface area contributed by atoms with Crippen molar-refractivity contribution in [2.45, 2.75) is 27.3 Å². The van der Waals surface area contributed by atoms with E-state index in [2.05, 4.69) is 23.1 Å². The Kier molecular flexibility index (Phi) is 8.26. The van der Waals surface area contributed by atoms with Crippen molar-refractivity contribution in [1.82, 2.24) is 4.90 Å². The number of ether oxygens (including phenoxy) is 2. The summed E-state index contributed by atoms with van der Waals surface area (Å²) in [5.41, 5.74) is 9.20. The van der Waals surface area contributed by atoms with Crippen molar-refractivity contribution in [3.05, 3.63) is 29.3 Å². The molecule has 1 rings (SSSR count). The molecule has 114 valence electrons. The van der Waals surface area contributed by atoms with Crippen molar-refractivity contribution in [3.8, 4) is 0 Å². The molecule has 0 aliphatic heterocycles. The molecule has 1 aromatic rings. The van der Waals surface area contributed by atoms with E-state index in [0.29, 0.717) is 0 Å². The number of nitrogens with zero attached hydrogens (tertiary/aromatic N) is 1. The first-order valence-electron chi connectivity index (χ1n) is 7.40. The van der Waals surface area contributed by atoms with Gasteiger partial charge in [-0.25, -0.2) is 0 Å². The number of hydrogen-bond donors (Lipinski definition) is 1. The Balaban J connectivity index is 2.54. The fraction of sp³-hybridized carbons (Fsp3) is 0.625. The van der Waals surface area contributed by atoms with Crippen molar-refractivity contribution in [3.63, 3.8) is 0 Å². The molecule has 0 saturated carbocycles. The van der Waals surface area contributed by atoms with Crippen LogP contribution in [0.15, 0.2) is 18.2 Å². The first kappa shape index (κ1) is 17.0. The summed E-state index contributed by atoms with van der Waals surface area (Å²) in [6.45, 7) is 11.8. The van der Waals surface area contributed by atoms with Gasteiger partial charge in [0.1, 0.15) is 0 Å². The second kappa shape index (κ2) is 9.75. The van der Waals surface area contributed by atoms with E-state index in [4.69, 9.17) is 15.2 Å². The van der Waals surface area contributed by atoms with Gasteiger partial charge < -0.3 is 15.2 Å². The van der Waals surface area contributed by atoms with Gasteiger partial charge in [-0.1, -0.05) is 12.1 Å². The second-order valence-electron chi connectivity index (χ2n) is 4.86. The molecule has 0 aliphatic rings. The number of nitrogen functional groups attached to an aromatic ring is 1. The lowest BCUT2D eigenvalue weighted by Crippen LogP contribution is -2.30. The molecule has 0 aromatic heterocycles. The zero-order valence-electron chi connectivity index (χ0n) is 13.0. The quantitative estimate of drug-likeness (QED) is 0.528.